The van der Waals surface area contributed by atoms with Gasteiger partial charge in [-0.3, -0.25) is 9.78 Å². The van der Waals surface area contributed by atoms with E-state index in [0.29, 0.717) is 22.8 Å². The third-order valence-corrected chi connectivity index (χ3v) is 5.76. The summed E-state index contributed by atoms with van der Waals surface area (Å²) < 4.78 is 16.3. The van der Waals surface area contributed by atoms with Gasteiger partial charge < -0.3 is 11.1 Å². The summed E-state index contributed by atoms with van der Waals surface area (Å²) >= 11 is 1.40. The van der Waals surface area contributed by atoms with Crippen molar-refractivity contribution in [3.8, 4) is 16.9 Å². The molecule has 1 aromatic carbocycles. The number of thiazole rings is 1. The lowest BCUT2D eigenvalue weighted by Crippen LogP contribution is -2.26. The molecule has 0 unspecified atom stereocenters. The molecule has 1 amide bonds. The zero-order valence-electron chi connectivity index (χ0n) is 17.4. The van der Waals surface area contributed by atoms with Crippen LogP contribution in [0.3, 0.4) is 0 Å². The van der Waals surface area contributed by atoms with E-state index in [0.717, 1.165) is 26.0 Å². The van der Waals surface area contributed by atoms with E-state index in [-0.39, 0.29) is 24.6 Å². The Morgan fingerprint density at radius 3 is 2.84 bits per heavy atom. The molecule has 3 N–H and O–H groups in total. The SMILES string of the molecule is CC(=O)Nc1nc2cc(-c3cc(C)c(-n4cnn(C/C(=C/F)CN)c4=O)cn3)ccc2s1. The second kappa shape index (κ2) is 8.81. The largest absolute Gasteiger partial charge is 0.350 e. The molecule has 3 aromatic heterocycles. The van der Waals surface area contributed by atoms with Gasteiger partial charge in [0.1, 0.15) is 6.33 Å². The van der Waals surface area contributed by atoms with Gasteiger partial charge in [0.25, 0.3) is 0 Å². The highest BCUT2D eigenvalue weighted by molar-refractivity contribution is 7.22. The summed E-state index contributed by atoms with van der Waals surface area (Å²) in [5.41, 5.74) is 9.04. The van der Waals surface area contributed by atoms with Gasteiger partial charge in [0.05, 0.1) is 40.7 Å². The number of pyridine rings is 1. The fourth-order valence-corrected chi connectivity index (χ4v) is 4.09. The summed E-state index contributed by atoms with van der Waals surface area (Å²) in [6.45, 7) is 3.29. The van der Waals surface area contributed by atoms with Gasteiger partial charge in [-0.1, -0.05) is 17.4 Å². The standard InChI is InChI=1S/C21H20FN7O2S/c1-12-5-16(15-3-4-19-17(6-15)27-20(32-19)26-13(2)30)24-9-18(12)28-11-25-29(21(28)31)10-14(7-22)8-23/h3-7,9,11H,8,10,23H2,1-2H3,(H,26,27,30)/b14-7+. The van der Waals surface area contributed by atoms with Gasteiger partial charge in [-0.2, -0.15) is 5.10 Å². The molecule has 0 saturated carbocycles. The summed E-state index contributed by atoms with van der Waals surface area (Å²) in [7, 11) is 0. The molecule has 0 bridgehead atoms. The fourth-order valence-electron chi connectivity index (χ4n) is 3.20. The highest BCUT2D eigenvalue weighted by atomic mass is 32.1. The normalized spacial score (nSPS) is 11.8. The summed E-state index contributed by atoms with van der Waals surface area (Å²) in [6, 6.07) is 7.64. The molecule has 0 aliphatic rings. The van der Waals surface area contributed by atoms with Gasteiger partial charge in [-0.15, -0.1) is 0 Å². The Kier molecular flexibility index (Phi) is 5.93. The lowest BCUT2D eigenvalue weighted by atomic mass is 10.1. The molecule has 164 valence electrons. The molecule has 0 aliphatic heterocycles. The quantitative estimate of drug-likeness (QED) is 0.463. The number of carbonyl (C=O) groups excluding carboxylic acids is 1. The number of amides is 1. The van der Waals surface area contributed by atoms with Crippen LogP contribution in [0.2, 0.25) is 0 Å². The monoisotopic (exact) mass is 453 g/mol. The zero-order valence-corrected chi connectivity index (χ0v) is 18.2. The minimum atomic E-state index is -0.412. The number of nitrogens with two attached hydrogens (primary N) is 1. The van der Waals surface area contributed by atoms with Gasteiger partial charge in [0.15, 0.2) is 5.13 Å². The number of benzene rings is 1. The van der Waals surface area contributed by atoms with E-state index in [9.17, 15) is 14.0 Å². The molecule has 0 fully saturated rings. The van der Waals surface area contributed by atoms with Crippen LogP contribution in [0.4, 0.5) is 9.52 Å². The Morgan fingerprint density at radius 2 is 2.16 bits per heavy atom. The van der Waals surface area contributed by atoms with E-state index in [1.165, 1.54) is 29.2 Å². The maximum Gasteiger partial charge on any atom is 0.350 e. The molecule has 9 nitrogen and oxygen atoms in total. The molecule has 4 rings (SSSR count). The van der Waals surface area contributed by atoms with Gasteiger partial charge in [-0.25, -0.2) is 23.4 Å². The number of fused-ring (bicyclic) bond motifs is 1. The summed E-state index contributed by atoms with van der Waals surface area (Å²) in [4.78, 5) is 32.9. The van der Waals surface area contributed by atoms with Crippen LogP contribution in [0, 0.1) is 6.92 Å². The smallest absolute Gasteiger partial charge is 0.327 e. The van der Waals surface area contributed by atoms with Gasteiger partial charge >= 0.3 is 5.69 Å². The van der Waals surface area contributed by atoms with Crippen LogP contribution in [0.15, 0.2) is 53.5 Å². The predicted octanol–water partition coefficient (Wildman–Crippen LogP) is 2.78. The fraction of sp³-hybridized carbons (Fsp3) is 0.190. The van der Waals surface area contributed by atoms with Crippen molar-refractivity contribution in [1.82, 2.24) is 24.3 Å². The molecule has 0 atom stereocenters. The number of nitrogens with zero attached hydrogens (tertiary/aromatic N) is 5. The first kappa shape index (κ1) is 21.5. The number of carbonyl (C=O) groups is 1. The number of halogens is 1. The van der Waals surface area contributed by atoms with E-state index < -0.39 is 5.69 Å². The van der Waals surface area contributed by atoms with Crippen LogP contribution < -0.4 is 16.7 Å². The van der Waals surface area contributed by atoms with Gasteiger partial charge in [-0.05, 0) is 36.3 Å². The lowest BCUT2D eigenvalue weighted by molar-refractivity contribution is -0.114. The van der Waals surface area contributed by atoms with E-state index in [1.807, 2.05) is 31.2 Å². The maximum absolute atomic E-state index is 12.8. The van der Waals surface area contributed by atoms with E-state index in [2.05, 4.69) is 20.4 Å². The van der Waals surface area contributed by atoms with Crippen LogP contribution in [-0.4, -0.2) is 36.8 Å². The number of aryl methyl sites for hydroxylation is 1. The van der Waals surface area contributed by atoms with Crippen LogP contribution >= 0.6 is 11.3 Å². The predicted molar refractivity (Wildman–Crippen MR) is 122 cm³/mol. The molecular weight excluding hydrogens is 433 g/mol. The van der Waals surface area contributed by atoms with Crippen molar-refractivity contribution in [2.75, 3.05) is 11.9 Å². The third-order valence-electron chi connectivity index (χ3n) is 4.81. The minimum absolute atomic E-state index is 0.000713. The molecule has 32 heavy (non-hydrogen) atoms. The summed E-state index contributed by atoms with van der Waals surface area (Å²) in [5.74, 6) is -0.171. The molecule has 4 aromatic rings. The lowest BCUT2D eigenvalue weighted by Gasteiger charge is -2.08. The molecule has 11 heteroatoms. The second-order valence-electron chi connectivity index (χ2n) is 7.15. The summed E-state index contributed by atoms with van der Waals surface area (Å²) in [5, 5.41) is 7.28. The average Bonchev–Trinajstić information content (AvgIpc) is 3.33. The molecule has 0 spiro atoms. The maximum atomic E-state index is 12.8. The van der Waals surface area contributed by atoms with Crippen LogP contribution in [0.25, 0.3) is 27.2 Å². The topological polar surface area (TPSA) is 121 Å². The molecule has 0 radical (unpaired) electrons. The van der Waals surface area contributed by atoms with Crippen LogP contribution in [0.1, 0.15) is 12.5 Å². The second-order valence-corrected chi connectivity index (χ2v) is 8.18. The molecular formula is C21H20FN7O2S. The number of rotatable bonds is 6. The van der Waals surface area contributed by atoms with E-state index >= 15 is 0 Å². The Balaban J connectivity index is 1.65. The number of hydrogen-bond donors (Lipinski definition) is 2. The van der Waals surface area contributed by atoms with Crippen molar-refractivity contribution >= 4 is 32.6 Å². The van der Waals surface area contributed by atoms with E-state index in [4.69, 9.17) is 5.73 Å². The molecule has 0 aliphatic carbocycles. The molecule has 0 saturated heterocycles. The average molecular weight is 454 g/mol. The first-order valence-electron chi connectivity index (χ1n) is 9.68. The van der Waals surface area contributed by atoms with Crippen molar-refractivity contribution in [1.29, 1.82) is 0 Å². The highest BCUT2D eigenvalue weighted by Crippen LogP contribution is 2.30. The number of aromatic nitrogens is 5. The summed E-state index contributed by atoms with van der Waals surface area (Å²) in [6.07, 6.45) is 3.37. The first-order chi connectivity index (χ1) is 15.4. The number of hydrogen-bond acceptors (Lipinski definition) is 7. The number of nitrogens with one attached hydrogen (secondary N) is 1. The number of anilines is 1. The van der Waals surface area contributed by atoms with Crippen LogP contribution in [0.5, 0.6) is 0 Å². The Morgan fingerprint density at radius 1 is 1.34 bits per heavy atom. The van der Waals surface area contributed by atoms with Crippen molar-refractivity contribution < 1.29 is 9.18 Å². The van der Waals surface area contributed by atoms with Crippen LogP contribution in [-0.2, 0) is 11.3 Å². The Labute approximate surface area is 186 Å². The Hall–Kier alpha value is -3.70. The Bertz CT molecular complexity index is 1400. The van der Waals surface area contributed by atoms with Crippen molar-refractivity contribution in [2.45, 2.75) is 20.4 Å². The van der Waals surface area contributed by atoms with Gasteiger partial charge in [0, 0.05) is 19.0 Å². The highest BCUT2D eigenvalue weighted by Gasteiger charge is 2.13. The third kappa shape index (κ3) is 4.20. The zero-order chi connectivity index (χ0) is 22.8. The van der Waals surface area contributed by atoms with Crippen molar-refractivity contribution in [3.63, 3.8) is 0 Å². The minimum Gasteiger partial charge on any atom is -0.327 e. The van der Waals surface area contributed by atoms with Crippen molar-refractivity contribution in [3.05, 3.63) is 64.7 Å². The first-order valence-corrected chi connectivity index (χ1v) is 10.5. The van der Waals surface area contributed by atoms with Crippen molar-refractivity contribution in [2.24, 2.45) is 5.73 Å². The van der Waals surface area contributed by atoms with Gasteiger partial charge in [0.2, 0.25) is 5.91 Å². The van der Waals surface area contributed by atoms with E-state index in [1.54, 1.807) is 6.20 Å². The molecule has 3 heterocycles.